The van der Waals surface area contributed by atoms with Crippen LogP contribution in [0.3, 0.4) is 0 Å². The molecule has 2 aromatic rings. The number of halogens is 2. The van der Waals surface area contributed by atoms with E-state index in [4.69, 9.17) is 0 Å². The minimum absolute atomic E-state index is 0.0113. The number of rotatable bonds is 6. The van der Waals surface area contributed by atoms with Gasteiger partial charge in [-0.3, -0.25) is 14.9 Å². The van der Waals surface area contributed by atoms with Crippen molar-refractivity contribution in [3.63, 3.8) is 0 Å². The summed E-state index contributed by atoms with van der Waals surface area (Å²) >= 11 is 0. The van der Waals surface area contributed by atoms with Crippen LogP contribution in [0.5, 0.6) is 0 Å². The third-order valence-corrected chi connectivity index (χ3v) is 5.65. The van der Waals surface area contributed by atoms with Gasteiger partial charge in [-0.1, -0.05) is 42.5 Å². The number of hydrogen-bond acceptors (Lipinski definition) is 3. The van der Waals surface area contributed by atoms with Crippen molar-refractivity contribution in [3.8, 4) is 11.1 Å². The van der Waals surface area contributed by atoms with Gasteiger partial charge in [-0.25, -0.2) is 13.6 Å². The number of carbonyl (C=O) groups excluding carboxylic acids is 3. The normalized spacial score (nSPS) is 21.2. The fourth-order valence-electron chi connectivity index (χ4n) is 3.83. The smallest absolute Gasteiger partial charge is 0.322 e. The largest absolute Gasteiger partial charge is 0.349 e. The monoisotopic (exact) mass is 413 g/mol. The maximum Gasteiger partial charge on any atom is 0.322 e. The van der Waals surface area contributed by atoms with Crippen LogP contribution in [0.15, 0.2) is 48.5 Å². The first-order chi connectivity index (χ1) is 14.2. The van der Waals surface area contributed by atoms with Gasteiger partial charge in [0, 0.05) is 18.1 Å². The lowest BCUT2D eigenvalue weighted by atomic mass is 9.92. The van der Waals surface area contributed by atoms with Crippen molar-refractivity contribution in [1.82, 2.24) is 16.0 Å². The van der Waals surface area contributed by atoms with Gasteiger partial charge in [0.15, 0.2) is 0 Å². The molecule has 1 aliphatic carbocycles. The topological polar surface area (TPSA) is 87.3 Å². The molecule has 3 N–H and O–H groups in total. The van der Waals surface area contributed by atoms with Gasteiger partial charge in [0.2, 0.25) is 0 Å². The molecule has 30 heavy (non-hydrogen) atoms. The van der Waals surface area contributed by atoms with E-state index in [1.54, 1.807) is 36.4 Å². The Kier molecular flexibility index (Phi) is 4.80. The average Bonchev–Trinajstić information content (AvgIpc) is 3.52. The van der Waals surface area contributed by atoms with Crippen molar-refractivity contribution < 1.29 is 23.2 Å². The maximum absolute atomic E-state index is 13.5. The Labute approximate surface area is 172 Å². The van der Waals surface area contributed by atoms with Gasteiger partial charge < -0.3 is 10.6 Å². The summed E-state index contributed by atoms with van der Waals surface area (Å²) in [5.41, 5.74) is 0.321. The first-order valence-corrected chi connectivity index (χ1v) is 9.70. The van der Waals surface area contributed by atoms with Crippen LogP contribution in [-0.4, -0.2) is 29.9 Å². The van der Waals surface area contributed by atoms with Crippen LogP contribution >= 0.6 is 0 Å². The summed E-state index contributed by atoms with van der Waals surface area (Å²) in [7, 11) is 0. The number of hydrogen-bond donors (Lipinski definition) is 3. The number of nitrogens with one attached hydrogen (secondary N) is 3. The minimum Gasteiger partial charge on any atom is -0.349 e. The molecular weight excluding hydrogens is 392 g/mol. The fraction of sp³-hybridized carbons (Fsp3) is 0.318. The van der Waals surface area contributed by atoms with E-state index in [1.165, 1.54) is 12.1 Å². The van der Waals surface area contributed by atoms with E-state index in [-0.39, 0.29) is 18.0 Å². The highest BCUT2D eigenvalue weighted by Crippen LogP contribution is 2.41. The van der Waals surface area contributed by atoms with Gasteiger partial charge in [0.25, 0.3) is 17.7 Å². The molecule has 0 unspecified atom stereocenters. The quantitative estimate of drug-likeness (QED) is 0.636. The average molecular weight is 413 g/mol. The first-order valence-electron chi connectivity index (χ1n) is 9.70. The third-order valence-electron chi connectivity index (χ3n) is 5.65. The van der Waals surface area contributed by atoms with Crippen LogP contribution in [0.2, 0.25) is 0 Å². The van der Waals surface area contributed by atoms with Gasteiger partial charge in [0.1, 0.15) is 5.54 Å². The number of carbonyl (C=O) groups is 3. The first kappa shape index (κ1) is 20.0. The molecule has 0 spiro atoms. The van der Waals surface area contributed by atoms with Gasteiger partial charge in [-0.2, -0.15) is 0 Å². The van der Waals surface area contributed by atoms with E-state index in [0.29, 0.717) is 16.7 Å². The fourth-order valence-corrected chi connectivity index (χ4v) is 3.83. The van der Waals surface area contributed by atoms with Crippen molar-refractivity contribution in [2.75, 3.05) is 6.54 Å². The molecule has 8 heteroatoms. The van der Waals surface area contributed by atoms with Crippen molar-refractivity contribution in [2.24, 2.45) is 5.92 Å². The predicted octanol–water partition coefficient (Wildman–Crippen LogP) is 3.18. The highest BCUT2D eigenvalue weighted by molar-refractivity contribution is 6.08. The highest BCUT2D eigenvalue weighted by Gasteiger charge is 2.56. The van der Waals surface area contributed by atoms with Crippen LogP contribution in [0.25, 0.3) is 11.1 Å². The lowest BCUT2D eigenvalue weighted by Crippen LogP contribution is -2.57. The Morgan fingerprint density at radius 1 is 1.13 bits per heavy atom. The number of imide groups is 1. The van der Waals surface area contributed by atoms with Crippen LogP contribution in [-0.2, 0) is 10.7 Å². The molecule has 1 saturated heterocycles. The molecule has 4 amide bonds. The van der Waals surface area contributed by atoms with E-state index in [0.717, 1.165) is 19.8 Å². The minimum atomic E-state index is -2.95. The molecule has 2 aliphatic rings. The van der Waals surface area contributed by atoms with E-state index >= 15 is 0 Å². The molecule has 0 aromatic heterocycles. The summed E-state index contributed by atoms with van der Waals surface area (Å²) in [6, 6.07) is 12.0. The van der Waals surface area contributed by atoms with Gasteiger partial charge in [-0.05, 0) is 36.0 Å². The molecule has 2 fully saturated rings. The maximum atomic E-state index is 13.5. The molecule has 4 rings (SSSR count). The van der Waals surface area contributed by atoms with Crippen molar-refractivity contribution in [2.45, 2.75) is 31.2 Å². The van der Waals surface area contributed by atoms with Crippen LogP contribution in [0.4, 0.5) is 13.6 Å². The van der Waals surface area contributed by atoms with Crippen molar-refractivity contribution in [3.05, 3.63) is 59.7 Å². The van der Waals surface area contributed by atoms with E-state index in [9.17, 15) is 23.2 Å². The summed E-state index contributed by atoms with van der Waals surface area (Å²) in [5, 5.41) is 7.68. The molecule has 0 bridgehead atoms. The van der Waals surface area contributed by atoms with Gasteiger partial charge >= 0.3 is 6.03 Å². The van der Waals surface area contributed by atoms with Crippen molar-refractivity contribution >= 4 is 17.8 Å². The Hall–Kier alpha value is -3.29. The summed E-state index contributed by atoms with van der Waals surface area (Å²) < 4.78 is 27.0. The molecule has 1 heterocycles. The lowest BCUT2D eigenvalue weighted by molar-refractivity contribution is -0.124. The van der Waals surface area contributed by atoms with E-state index < -0.39 is 29.3 Å². The van der Waals surface area contributed by atoms with Gasteiger partial charge in [-0.15, -0.1) is 0 Å². The van der Waals surface area contributed by atoms with Crippen molar-refractivity contribution in [1.29, 1.82) is 0 Å². The van der Waals surface area contributed by atoms with Crippen LogP contribution in [0, 0.1) is 5.92 Å². The van der Waals surface area contributed by atoms with Crippen LogP contribution in [0.1, 0.15) is 35.7 Å². The summed E-state index contributed by atoms with van der Waals surface area (Å²) in [5.74, 6) is -3.80. The molecule has 156 valence electrons. The summed E-state index contributed by atoms with van der Waals surface area (Å²) in [6.07, 6.45) is 1.60. The second-order valence-corrected chi connectivity index (χ2v) is 7.85. The molecule has 1 saturated carbocycles. The van der Waals surface area contributed by atoms with Gasteiger partial charge in [0.05, 0.1) is 6.54 Å². The number of urea groups is 1. The zero-order chi connectivity index (χ0) is 21.5. The summed E-state index contributed by atoms with van der Waals surface area (Å²) in [4.78, 5) is 36.9. The Morgan fingerprint density at radius 2 is 1.80 bits per heavy atom. The second kappa shape index (κ2) is 7.19. The number of amides is 4. The zero-order valence-electron chi connectivity index (χ0n) is 16.3. The lowest BCUT2D eigenvalue weighted by Gasteiger charge is -2.26. The number of alkyl halides is 2. The Bertz CT molecular complexity index is 1010. The third kappa shape index (κ3) is 3.65. The molecule has 6 nitrogen and oxygen atoms in total. The van der Waals surface area contributed by atoms with Crippen LogP contribution < -0.4 is 16.0 Å². The molecule has 0 radical (unpaired) electrons. The molecule has 1 atom stereocenters. The standard InChI is InChI=1S/C22H21F2N3O3/c1-21(23,24)14-8-6-13(7-9-14)16-4-2-3-5-17(16)18(28)25-12-22(15-10-11-15)19(29)26-20(30)27-22/h2-9,15H,10-12H2,1H3,(H,25,28)(H2,26,27,29,30)/t22-/m0/s1. The predicted molar refractivity (Wildman–Crippen MR) is 106 cm³/mol. The Morgan fingerprint density at radius 3 is 2.37 bits per heavy atom. The highest BCUT2D eigenvalue weighted by atomic mass is 19.3. The zero-order valence-corrected chi connectivity index (χ0v) is 16.3. The molecule has 1 aliphatic heterocycles. The van der Waals surface area contributed by atoms with E-state index in [2.05, 4.69) is 16.0 Å². The second-order valence-electron chi connectivity index (χ2n) is 7.85. The SMILES string of the molecule is CC(F)(F)c1ccc(-c2ccccc2C(=O)NC[C@@]2(C3CC3)NC(=O)NC2=O)cc1. The molecular formula is C22H21F2N3O3. The Balaban J connectivity index is 1.56. The van der Waals surface area contributed by atoms with E-state index in [1.807, 2.05) is 0 Å². The number of benzene rings is 2. The summed E-state index contributed by atoms with van der Waals surface area (Å²) in [6.45, 7) is 0.806. The molecule has 2 aromatic carbocycles.